The first-order chi connectivity index (χ1) is 13.2. The molecule has 1 saturated carbocycles. The van der Waals surface area contributed by atoms with Gasteiger partial charge in [0.2, 0.25) is 5.91 Å². The largest absolute Gasteiger partial charge is 0.353 e. The smallest absolute Gasteiger partial charge is 0.226 e. The molecule has 0 saturated heterocycles. The molecule has 1 N–H and O–H groups in total. The van der Waals surface area contributed by atoms with Crippen molar-refractivity contribution in [2.75, 3.05) is 0 Å². The molecule has 1 aromatic heterocycles. The maximum Gasteiger partial charge on any atom is 0.226 e. The Morgan fingerprint density at radius 3 is 2.86 bits per heavy atom. The van der Waals surface area contributed by atoms with Crippen LogP contribution in [0.2, 0.25) is 0 Å². The molecular weight excluding hydrogens is 384 g/mol. The molecule has 1 aliphatic carbocycles. The Balaban J connectivity index is 1.51. The highest BCUT2D eigenvalue weighted by Crippen LogP contribution is 2.38. The minimum atomic E-state index is 0.103. The lowest BCUT2D eigenvalue weighted by atomic mass is 9.70. The number of hydrogen-bond acceptors (Lipinski definition) is 4. The Morgan fingerprint density at radius 1 is 1.32 bits per heavy atom. The summed E-state index contributed by atoms with van der Waals surface area (Å²) in [6, 6.07) is 6.87. The van der Waals surface area contributed by atoms with Gasteiger partial charge in [0.15, 0.2) is 0 Å². The number of amides is 1. The summed E-state index contributed by atoms with van der Waals surface area (Å²) in [5, 5.41) is 5.28. The van der Waals surface area contributed by atoms with Gasteiger partial charge in [-0.1, -0.05) is 56.3 Å². The number of carbonyl (C=O) groups excluding carboxylic acids is 1. The summed E-state index contributed by atoms with van der Waals surface area (Å²) < 4.78 is 1.04. The van der Waals surface area contributed by atoms with Crippen LogP contribution in [0.1, 0.15) is 62.4 Å². The van der Waals surface area contributed by atoms with Gasteiger partial charge < -0.3 is 5.32 Å². The maximum atomic E-state index is 12.5. The van der Waals surface area contributed by atoms with Gasteiger partial charge in [0, 0.05) is 17.2 Å². The van der Waals surface area contributed by atoms with Gasteiger partial charge in [-0.2, -0.15) is 0 Å². The molecule has 0 bridgehead atoms. The monoisotopic (exact) mass is 416 g/mol. The Bertz CT molecular complexity index is 828. The van der Waals surface area contributed by atoms with Gasteiger partial charge >= 0.3 is 0 Å². The molecule has 1 amide bonds. The van der Waals surface area contributed by atoms with E-state index in [-0.39, 0.29) is 5.91 Å². The van der Waals surface area contributed by atoms with Crippen molar-refractivity contribution in [3.05, 3.63) is 46.0 Å². The van der Waals surface area contributed by atoms with Crippen LogP contribution in [-0.4, -0.2) is 16.9 Å². The number of thioether (sulfide) groups is 1. The maximum absolute atomic E-state index is 12.5. The predicted octanol–water partition coefficient (Wildman–Crippen LogP) is 5.93. The number of nitrogens with zero attached hydrogens (tertiary/aromatic N) is 1. The Labute approximate surface area is 177 Å². The summed E-state index contributed by atoms with van der Waals surface area (Å²) in [5.74, 6) is 1.69. The third-order valence-electron chi connectivity index (χ3n) is 5.48. The van der Waals surface area contributed by atoms with Crippen LogP contribution in [0.5, 0.6) is 0 Å². The van der Waals surface area contributed by atoms with Crippen LogP contribution in [0, 0.1) is 25.2 Å². The molecule has 1 heterocycles. The third-order valence-corrected chi connectivity index (χ3v) is 7.60. The van der Waals surface area contributed by atoms with Gasteiger partial charge in [0.1, 0.15) is 4.34 Å². The molecule has 2 unspecified atom stereocenters. The highest BCUT2D eigenvalue weighted by Gasteiger charge is 2.32. The third kappa shape index (κ3) is 6.08. The van der Waals surface area contributed by atoms with E-state index in [1.54, 1.807) is 23.1 Å². The molecule has 2 aromatic rings. The van der Waals surface area contributed by atoms with Crippen molar-refractivity contribution >= 4 is 29.0 Å². The fourth-order valence-corrected chi connectivity index (χ4v) is 6.34. The fraction of sp³-hybridized carbons (Fsp3) is 0.565. The van der Waals surface area contributed by atoms with Gasteiger partial charge in [-0.3, -0.25) is 4.79 Å². The number of thiazole rings is 1. The van der Waals surface area contributed by atoms with Crippen molar-refractivity contribution in [3.8, 4) is 0 Å². The summed E-state index contributed by atoms with van der Waals surface area (Å²) in [6.45, 7) is 11.2. The molecular formula is C23H32N2OS2. The highest BCUT2D eigenvalue weighted by atomic mass is 32.2. The quantitative estimate of drug-likeness (QED) is 0.594. The summed E-state index contributed by atoms with van der Waals surface area (Å²) in [7, 11) is 0. The topological polar surface area (TPSA) is 42.0 Å². The summed E-state index contributed by atoms with van der Waals surface area (Å²) in [4.78, 5) is 17.2. The molecule has 152 valence electrons. The van der Waals surface area contributed by atoms with Crippen molar-refractivity contribution < 1.29 is 4.79 Å². The SMILES string of the molecule is Cc1ccc(C)c(CSc2nc(CC(=O)NC3CC(C)CC(C)(C)C3)cs2)c1. The number of benzene rings is 1. The lowest BCUT2D eigenvalue weighted by molar-refractivity contribution is -0.121. The lowest BCUT2D eigenvalue weighted by Gasteiger charge is -2.39. The van der Waals surface area contributed by atoms with Crippen molar-refractivity contribution in [2.45, 2.75) is 76.4 Å². The van der Waals surface area contributed by atoms with E-state index in [0.29, 0.717) is 23.8 Å². The molecule has 3 rings (SSSR count). The van der Waals surface area contributed by atoms with Gasteiger partial charge in [-0.15, -0.1) is 11.3 Å². The first-order valence-corrected chi connectivity index (χ1v) is 12.0. The van der Waals surface area contributed by atoms with Crippen LogP contribution in [0.15, 0.2) is 27.9 Å². The molecule has 5 heteroatoms. The van der Waals surface area contributed by atoms with Crippen molar-refractivity contribution in [1.82, 2.24) is 10.3 Å². The summed E-state index contributed by atoms with van der Waals surface area (Å²) >= 11 is 3.39. The first-order valence-electron chi connectivity index (χ1n) is 10.1. The molecule has 1 fully saturated rings. The molecule has 0 radical (unpaired) electrons. The van der Waals surface area contributed by atoms with Crippen molar-refractivity contribution in [1.29, 1.82) is 0 Å². The Hall–Kier alpha value is -1.33. The number of hydrogen-bond donors (Lipinski definition) is 1. The van der Waals surface area contributed by atoms with E-state index in [9.17, 15) is 4.79 Å². The number of aromatic nitrogens is 1. The molecule has 0 spiro atoms. The van der Waals surface area contributed by atoms with Crippen molar-refractivity contribution in [3.63, 3.8) is 0 Å². The minimum absolute atomic E-state index is 0.103. The van der Waals surface area contributed by atoms with Crippen LogP contribution in [0.3, 0.4) is 0 Å². The Kier molecular flexibility index (Phi) is 6.87. The average Bonchev–Trinajstić information content (AvgIpc) is 3.01. The molecule has 0 aliphatic heterocycles. The van der Waals surface area contributed by atoms with E-state index in [0.717, 1.165) is 28.6 Å². The number of nitrogens with one attached hydrogen (secondary N) is 1. The van der Waals surface area contributed by atoms with Gasteiger partial charge in [0.05, 0.1) is 12.1 Å². The second-order valence-electron chi connectivity index (χ2n) is 9.18. The van der Waals surface area contributed by atoms with Crippen molar-refractivity contribution in [2.24, 2.45) is 11.3 Å². The number of aryl methyl sites for hydroxylation is 2. The van der Waals surface area contributed by atoms with E-state index in [1.807, 2.05) is 5.38 Å². The van der Waals surface area contributed by atoms with Crippen LogP contribution >= 0.6 is 23.1 Å². The molecule has 3 nitrogen and oxygen atoms in total. The van der Waals surface area contributed by atoms with E-state index >= 15 is 0 Å². The van der Waals surface area contributed by atoms with E-state index in [2.05, 4.69) is 63.1 Å². The summed E-state index contributed by atoms with van der Waals surface area (Å²) in [5.41, 5.74) is 5.16. The fourth-order valence-electron chi connectivity index (χ4n) is 4.43. The first kappa shape index (κ1) is 21.4. The molecule has 1 aromatic carbocycles. The number of rotatable bonds is 6. The standard InChI is InChI=1S/C23H32N2OS2/c1-15-6-7-17(3)18(8-15)13-27-22-25-20(14-28-22)10-21(26)24-19-9-16(2)11-23(4,5)12-19/h6-8,14,16,19H,9-13H2,1-5H3,(H,24,26). The predicted molar refractivity (Wildman–Crippen MR) is 120 cm³/mol. The Morgan fingerprint density at radius 2 is 2.11 bits per heavy atom. The van der Waals surface area contributed by atoms with E-state index < -0.39 is 0 Å². The van der Waals surface area contributed by atoms with Gasteiger partial charge in [-0.25, -0.2) is 4.98 Å². The van der Waals surface area contributed by atoms with E-state index in [4.69, 9.17) is 0 Å². The van der Waals surface area contributed by atoms with Crippen LogP contribution < -0.4 is 5.32 Å². The lowest BCUT2D eigenvalue weighted by Crippen LogP contribution is -2.43. The molecule has 1 aliphatic rings. The zero-order valence-electron chi connectivity index (χ0n) is 17.7. The van der Waals surface area contributed by atoms with Gasteiger partial charge in [-0.05, 0) is 55.6 Å². The minimum Gasteiger partial charge on any atom is -0.353 e. The van der Waals surface area contributed by atoms with E-state index in [1.165, 1.54) is 23.1 Å². The zero-order valence-corrected chi connectivity index (χ0v) is 19.3. The second-order valence-corrected chi connectivity index (χ2v) is 11.3. The van der Waals surface area contributed by atoms with Crippen LogP contribution in [0.4, 0.5) is 0 Å². The van der Waals surface area contributed by atoms with Crippen LogP contribution in [0.25, 0.3) is 0 Å². The zero-order chi connectivity index (χ0) is 20.3. The molecule has 28 heavy (non-hydrogen) atoms. The highest BCUT2D eigenvalue weighted by molar-refractivity contribution is 8.00. The number of carbonyl (C=O) groups is 1. The average molecular weight is 417 g/mol. The summed E-state index contributed by atoms with van der Waals surface area (Å²) in [6.07, 6.45) is 3.78. The second kappa shape index (κ2) is 9.00. The van der Waals surface area contributed by atoms with Gasteiger partial charge in [0.25, 0.3) is 0 Å². The normalized spacial score (nSPS) is 21.5. The molecule has 2 atom stereocenters. The van der Waals surface area contributed by atoms with Crippen LogP contribution in [-0.2, 0) is 17.0 Å².